The third-order valence-electron chi connectivity index (χ3n) is 3.24. The molecule has 0 aliphatic carbocycles. The van der Waals surface area contributed by atoms with Crippen LogP contribution in [0.5, 0.6) is 0 Å². The molecule has 0 saturated carbocycles. The van der Waals surface area contributed by atoms with Crippen molar-refractivity contribution in [2.45, 2.75) is 58.3 Å². The third kappa shape index (κ3) is 8.00. The lowest BCUT2D eigenvalue weighted by atomic mass is 9.96. The van der Waals surface area contributed by atoms with Crippen LogP contribution >= 0.6 is 0 Å². The van der Waals surface area contributed by atoms with Crippen LogP contribution in [0.2, 0.25) is 0 Å². The van der Waals surface area contributed by atoms with Gasteiger partial charge in [-0.05, 0) is 25.7 Å². The van der Waals surface area contributed by atoms with Crippen molar-refractivity contribution in [3.63, 3.8) is 0 Å². The van der Waals surface area contributed by atoms with E-state index in [1.807, 2.05) is 20.2 Å². The highest BCUT2D eigenvalue weighted by Gasteiger charge is 2.17. The zero-order valence-electron chi connectivity index (χ0n) is 11.9. The molecule has 0 aliphatic heterocycles. The summed E-state index contributed by atoms with van der Waals surface area (Å²) in [5, 5.41) is 0. The summed E-state index contributed by atoms with van der Waals surface area (Å²) in [5.74, 6) is 0.525. The molecule has 0 fully saturated rings. The SMILES string of the molecule is C=CCCCCCCCC(CC)C(=O)N(C)C. The number of carbonyl (C=O) groups excluding carboxylic acids is 1. The van der Waals surface area contributed by atoms with Crippen LogP contribution in [0.25, 0.3) is 0 Å². The van der Waals surface area contributed by atoms with Gasteiger partial charge in [-0.2, -0.15) is 0 Å². The Morgan fingerprint density at radius 1 is 1.18 bits per heavy atom. The average molecular weight is 239 g/mol. The van der Waals surface area contributed by atoms with Gasteiger partial charge in [0.1, 0.15) is 0 Å². The minimum atomic E-state index is 0.234. The van der Waals surface area contributed by atoms with Crippen molar-refractivity contribution in [2.75, 3.05) is 14.1 Å². The van der Waals surface area contributed by atoms with E-state index < -0.39 is 0 Å². The monoisotopic (exact) mass is 239 g/mol. The smallest absolute Gasteiger partial charge is 0.225 e. The Bertz CT molecular complexity index is 211. The van der Waals surface area contributed by atoms with E-state index in [4.69, 9.17) is 0 Å². The van der Waals surface area contributed by atoms with Crippen LogP contribution in [0.1, 0.15) is 58.3 Å². The standard InChI is InChI=1S/C15H29NO/c1-5-7-8-9-10-11-12-13-14(6-2)15(17)16(3)4/h5,14H,1,6-13H2,2-4H3. The minimum Gasteiger partial charge on any atom is -0.349 e. The van der Waals surface area contributed by atoms with Gasteiger partial charge in [-0.15, -0.1) is 6.58 Å². The summed E-state index contributed by atoms with van der Waals surface area (Å²) in [6.07, 6.45) is 11.4. The predicted octanol–water partition coefficient (Wildman–Crippen LogP) is 4.02. The number of rotatable bonds is 10. The first-order chi connectivity index (χ1) is 8.13. The predicted molar refractivity (Wildman–Crippen MR) is 75.0 cm³/mol. The van der Waals surface area contributed by atoms with Crippen molar-refractivity contribution in [3.05, 3.63) is 12.7 Å². The molecule has 1 amide bonds. The highest BCUT2D eigenvalue weighted by atomic mass is 16.2. The molecule has 0 spiro atoms. The largest absolute Gasteiger partial charge is 0.349 e. The molecule has 100 valence electrons. The molecule has 0 bridgehead atoms. The van der Waals surface area contributed by atoms with Crippen LogP contribution in [0.4, 0.5) is 0 Å². The zero-order valence-corrected chi connectivity index (χ0v) is 11.9. The molecule has 0 aromatic rings. The van der Waals surface area contributed by atoms with Gasteiger partial charge in [0.25, 0.3) is 0 Å². The second kappa shape index (κ2) is 10.4. The zero-order chi connectivity index (χ0) is 13.1. The van der Waals surface area contributed by atoms with Crippen LogP contribution in [0.3, 0.4) is 0 Å². The first kappa shape index (κ1) is 16.2. The van der Waals surface area contributed by atoms with Crippen molar-refractivity contribution in [2.24, 2.45) is 5.92 Å². The fourth-order valence-corrected chi connectivity index (χ4v) is 2.08. The number of unbranched alkanes of at least 4 members (excludes halogenated alkanes) is 5. The summed E-state index contributed by atoms with van der Waals surface area (Å²) < 4.78 is 0. The Morgan fingerprint density at radius 3 is 2.29 bits per heavy atom. The molecule has 0 rings (SSSR count). The lowest BCUT2D eigenvalue weighted by molar-refractivity contribution is -0.133. The molecule has 0 radical (unpaired) electrons. The number of nitrogens with zero attached hydrogens (tertiary/aromatic N) is 1. The van der Waals surface area contributed by atoms with Gasteiger partial charge in [-0.1, -0.05) is 38.7 Å². The van der Waals surface area contributed by atoms with Crippen molar-refractivity contribution >= 4 is 5.91 Å². The molecular weight excluding hydrogens is 210 g/mol. The first-order valence-electron chi connectivity index (χ1n) is 6.95. The second-order valence-corrected chi connectivity index (χ2v) is 4.97. The molecule has 2 nitrogen and oxygen atoms in total. The summed E-state index contributed by atoms with van der Waals surface area (Å²) in [5.41, 5.74) is 0. The summed E-state index contributed by atoms with van der Waals surface area (Å²) in [6, 6.07) is 0. The number of hydrogen-bond acceptors (Lipinski definition) is 1. The fourth-order valence-electron chi connectivity index (χ4n) is 2.08. The van der Waals surface area contributed by atoms with Crippen molar-refractivity contribution in [3.8, 4) is 0 Å². The first-order valence-corrected chi connectivity index (χ1v) is 6.95. The van der Waals surface area contributed by atoms with Gasteiger partial charge in [0, 0.05) is 20.0 Å². The van der Waals surface area contributed by atoms with Gasteiger partial charge in [-0.3, -0.25) is 4.79 Å². The van der Waals surface area contributed by atoms with E-state index in [0.717, 1.165) is 19.3 Å². The van der Waals surface area contributed by atoms with Gasteiger partial charge < -0.3 is 4.90 Å². The Kier molecular flexibility index (Phi) is 9.89. The van der Waals surface area contributed by atoms with Gasteiger partial charge in [0.15, 0.2) is 0 Å². The summed E-state index contributed by atoms with van der Waals surface area (Å²) in [7, 11) is 3.69. The van der Waals surface area contributed by atoms with Gasteiger partial charge in [0.2, 0.25) is 5.91 Å². The number of hydrogen-bond donors (Lipinski definition) is 0. The lowest BCUT2D eigenvalue weighted by Crippen LogP contribution is -2.29. The summed E-state index contributed by atoms with van der Waals surface area (Å²) in [4.78, 5) is 13.5. The molecule has 0 aliphatic rings. The molecule has 0 N–H and O–H groups in total. The molecule has 0 heterocycles. The molecule has 17 heavy (non-hydrogen) atoms. The summed E-state index contributed by atoms with van der Waals surface area (Å²) >= 11 is 0. The maximum absolute atomic E-state index is 11.8. The highest BCUT2D eigenvalue weighted by molar-refractivity contribution is 5.78. The van der Waals surface area contributed by atoms with Crippen LogP contribution in [-0.4, -0.2) is 24.9 Å². The molecule has 0 aromatic heterocycles. The normalized spacial score (nSPS) is 12.2. The molecule has 0 aromatic carbocycles. The Hall–Kier alpha value is -0.790. The maximum Gasteiger partial charge on any atom is 0.225 e. The van der Waals surface area contributed by atoms with Crippen LogP contribution in [0.15, 0.2) is 12.7 Å². The highest BCUT2D eigenvalue weighted by Crippen LogP contribution is 2.16. The molecule has 2 heteroatoms. The topological polar surface area (TPSA) is 20.3 Å². The third-order valence-corrected chi connectivity index (χ3v) is 3.24. The number of carbonyl (C=O) groups is 1. The molecule has 1 unspecified atom stereocenters. The quantitative estimate of drug-likeness (QED) is 0.416. The van der Waals surface area contributed by atoms with Crippen molar-refractivity contribution in [1.29, 1.82) is 0 Å². The van der Waals surface area contributed by atoms with Crippen LogP contribution < -0.4 is 0 Å². The van der Waals surface area contributed by atoms with E-state index >= 15 is 0 Å². The van der Waals surface area contributed by atoms with Crippen molar-refractivity contribution < 1.29 is 4.79 Å². The van der Waals surface area contributed by atoms with E-state index in [0.29, 0.717) is 5.91 Å². The van der Waals surface area contributed by atoms with E-state index in [1.54, 1.807) is 4.90 Å². The number of allylic oxidation sites excluding steroid dienone is 1. The Morgan fingerprint density at radius 2 is 1.76 bits per heavy atom. The molecule has 1 atom stereocenters. The van der Waals surface area contributed by atoms with E-state index in [-0.39, 0.29) is 5.92 Å². The van der Waals surface area contributed by atoms with Crippen LogP contribution in [0, 0.1) is 5.92 Å². The van der Waals surface area contributed by atoms with Crippen LogP contribution in [-0.2, 0) is 4.79 Å². The minimum absolute atomic E-state index is 0.234. The summed E-state index contributed by atoms with van der Waals surface area (Å²) in [6.45, 7) is 5.83. The van der Waals surface area contributed by atoms with E-state index in [1.165, 1.54) is 32.1 Å². The lowest BCUT2D eigenvalue weighted by Gasteiger charge is -2.18. The Balaban J connectivity index is 3.57. The molecule has 0 saturated heterocycles. The molecular formula is C15H29NO. The van der Waals surface area contributed by atoms with Crippen molar-refractivity contribution in [1.82, 2.24) is 4.90 Å². The van der Waals surface area contributed by atoms with E-state index in [2.05, 4.69) is 13.5 Å². The fraction of sp³-hybridized carbons (Fsp3) is 0.800. The van der Waals surface area contributed by atoms with Gasteiger partial charge in [0.05, 0.1) is 0 Å². The number of amides is 1. The van der Waals surface area contributed by atoms with E-state index in [9.17, 15) is 4.79 Å². The Labute approximate surface area is 107 Å². The van der Waals surface area contributed by atoms with Gasteiger partial charge in [-0.25, -0.2) is 0 Å². The maximum atomic E-state index is 11.8. The average Bonchev–Trinajstić information content (AvgIpc) is 2.32. The van der Waals surface area contributed by atoms with Gasteiger partial charge >= 0.3 is 0 Å². The second-order valence-electron chi connectivity index (χ2n) is 4.97.